The second-order valence-corrected chi connectivity index (χ2v) is 18.2. The zero-order valence-electron chi connectivity index (χ0n) is 27.9. The van der Waals surface area contributed by atoms with E-state index in [9.17, 15) is 0 Å². The lowest BCUT2D eigenvalue weighted by Crippen LogP contribution is -2.33. The Morgan fingerprint density at radius 3 is 2.33 bits per heavy atom. The molecule has 244 valence electrons. The van der Waals surface area contributed by atoms with Crippen molar-refractivity contribution < 1.29 is 9.03 Å². The number of thiophene rings is 2. The zero-order valence-corrected chi connectivity index (χ0v) is 31.3. The van der Waals surface area contributed by atoms with Gasteiger partial charge in [-0.2, -0.15) is 0 Å². The largest absolute Gasteiger partial charge is 0.324 e. The van der Waals surface area contributed by atoms with Gasteiger partial charge < -0.3 is 0 Å². The van der Waals surface area contributed by atoms with Crippen molar-refractivity contribution in [2.75, 3.05) is 0 Å². The van der Waals surface area contributed by atoms with Crippen molar-refractivity contribution >= 4 is 109 Å². The Labute approximate surface area is 292 Å². The number of thiazole rings is 1. The van der Waals surface area contributed by atoms with Crippen LogP contribution in [-0.4, -0.2) is 47.1 Å². The smallest absolute Gasteiger partial charge is 0.270 e. The zero-order chi connectivity index (χ0) is 33.4. The topological polar surface area (TPSA) is 96.3 Å². The monoisotopic (exact) mass is 722 g/mol. The first-order valence-corrected chi connectivity index (χ1v) is 19.7. The highest BCUT2D eigenvalue weighted by molar-refractivity contribution is 8.16. The molecule has 10 heterocycles. The fourth-order valence-corrected chi connectivity index (χ4v) is 13.3. The molecule has 1 aromatic carbocycles. The van der Waals surface area contributed by atoms with Crippen LogP contribution in [-0.2, 0) is 14.1 Å². The lowest BCUT2D eigenvalue weighted by atomic mass is 10.2. The van der Waals surface area contributed by atoms with Gasteiger partial charge >= 0.3 is 5.65 Å². The predicted octanol–water partition coefficient (Wildman–Crippen LogP) is 6.09. The first-order valence-electron chi connectivity index (χ1n) is 15.9. The molecule has 4 bridgehead atoms. The van der Waals surface area contributed by atoms with E-state index < -0.39 is 11.1 Å². The molecule has 0 fully saturated rings. The van der Waals surface area contributed by atoms with Gasteiger partial charge in [0.1, 0.15) is 31.9 Å². The molecule has 9 aromatic heterocycles. The summed E-state index contributed by atoms with van der Waals surface area (Å²) in [7, 11) is 4.32. The molecule has 1 aliphatic rings. The van der Waals surface area contributed by atoms with E-state index in [0.717, 1.165) is 91.7 Å². The molecular weight excluding hydrogens is 693 g/mol. The molecule has 0 saturated heterocycles. The minimum atomic E-state index is -1.32. The molecule has 0 amide bonds. The summed E-state index contributed by atoms with van der Waals surface area (Å²) in [5, 5.41) is 2.83. The van der Waals surface area contributed by atoms with Crippen molar-refractivity contribution in [2.45, 2.75) is 51.6 Å². The second kappa shape index (κ2) is 9.12. The first kappa shape index (κ1) is 28.2. The lowest BCUT2D eigenvalue weighted by Gasteiger charge is -2.18. The van der Waals surface area contributed by atoms with Crippen molar-refractivity contribution in [2.24, 2.45) is 14.1 Å². The molecule has 0 aliphatic carbocycles. The number of nitrogens with zero attached hydrogens (tertiary/aromatic N) is 12. The Morgan fingerprint density at radius 1 is 0.694 bits per heavy atom. The fraction of sp³-hybridized carbons (Fsp3) is 0.242. The van der Waals surface area contributed by atoms with Crippen molar-refractivity contribution in [1.82, 2.24) is 47.1 Å². The Balaban J connectivity index is 1.50. The standard InChI is InChI=1S/C33H30N12S4/c1-14-9-10-21-22(11-14)40(8)30-24-13-23-32(48-24)42(19(6)39(23)7)41-16(3)35-28-27(41)38-29(26-37-20-12-15(2)46-31(20)44(26)43(21)30)49(28)45-17(4)34-25-33(45)47-18(5)36-25/h9-13,49H,1-8H3/q+2. The van der Waals surface area contributed by atoms with E-state index in [0.29, 0.717) is 0 Å². The van der Waals surface area contributed by atoms with Crippen molar-refractivity contribution in [3.05, 3.63) is 63.3 Å². The number of thiol groups is 1. The summed E-state index contributed by atoms with van der Waals surface area (Å²) in [6, 6.07) is 11.2. The summed E-state index contributed by atoms with van der Waals surface area (Å²) in [6.45, 7) is 12.7. The normalized spacial score (nSPS) is 15.5. The molecule has 49 heavy (non-hydrogen) atoms. The molecule has 1 atom stereocenters. The highest BCUT2D eigenvalue weighted by Gasteiger charge is 2.37. The number of aryl methyl sites for hydroxylation is 8. The van der Waals surface area contributed by atoms with Crippen LogP contribution in [0.15, 0.2) is 40.4 Å². The van der Waals surface area contributed by atoms with E-state index in [1.165, 1.54) is 15.1 Å². The van der Waals surface area contributed by atoms with Crippen molar-refractivity contribution in [1.29, 1.82) is 0 Å². The fourth-order valence-electron chi connectivity index (χ4n) is 7.56. The van der Waals surface area contributed by atoms with Gasteiger partial charge in [0.25, 0.3) is 10.7 Å². The molecule has 0 saturated carbocycles. The third-order valence-electron chi connectivity index (χ3n) is 9.79. The van der Waals surface area contributed by atoms with Crippen LogP contribution in [0.3, 0.4) is 0 Å². The average molecular weight is 723 g/mol. The molecule has 0 radical (unpaired) electrons. The second-order valence-electron chi connectivity index (χ2n) is 12.9. The number of hydrogen-bond donors (Lipinski definition) is 1. The van der Waals surface area contributed by atoms with Gasteiger partial charge in [-0.3, -0.25) is 3.97 Å². The Hall–Kier alpha value is -4.64. The maximum atomic E-state index is 5.61. The highest BCUT2D eigenvalue weighted by Crippen LogP contribution is 2.53. The number of hydrogen-bond acceptors (Lipinski definition) is 8. The van der Waals surface area contributed by atoms with Crippen LogP contribution in [0.5, 0.6) is 0 Å². The molecule has 11 rings (SSSR count). The minimum Gasteiger partial charge on any atom is -0.270 e. The van der Waals surface area contributed by atoms with E-state index in [4.69, 9.17) is 24.9 Å². The molecule has 1 aliphatic heterocycles. The summed E-state index contributed by atoms with van der Waals surface area (Å²) >= 11 is 3.91. The summed E-state index contributed by atoms with van der Waals surface area (Å²) in [5.41, 5.74) is 9.10. The summed E-state index contributed by atoms with van der Waals surface area (Å²) in [5.74, 6) is 2.88. The SMILES string of the molecule is Cc1ccc2c(c1)n(C)c1c3cc4c(s3)[n+](c(C)n4C)n3c(C)nc4c3nc(c3nc5cc(C)sc5n3[n+]21)[SH]4n1c(C)nc2nc(C)sc21. The Bertz CT molecular complexity index is 3220. The molecule has 10 aromatic rings. The van der Waals surface area contributed by atoms with Crippen molar-refractivity contribution in [3.8, 4) is 0 Å². The van der Waals surface area contributed by atoms with Gasteiger partial charge in [0.05, 0.1) is 19.1 Å². The van der Waals surface area contributed by atoms with E-state index in [-0.39, 0.29) is 0 Å². The van der Waals surface area contributed by atoms with Crippen LogP contribution in [0, 0.1) is 41.5 Å². The summed E-state index contributed by atoms with van der Waals surface area (Å²) in [4.78, 5) is 30.6. The quantitative estimate of drug-likeness (QED) is 0.164. The van der Waals surface area contributed by atoms with Crippen LogP contribution in [0.4, 0.5) is 0 Å². The van der Waals surface area contributed by atoms with Gasteiger partial charge in [-0.25, -0.2) is 34.1 Å². The molecule has 0 spiro atoms. The predicted molar refractivity (Wildman–Crippen MR) is 197 cm³/mol. The number of rotatable bonds is 1. The molecule has 0 N–H and O–H groups in total. The van der Waals surface area contributed by atoms with E-state index >= 15 is 0 Å². The van der Waals surface area contributed by atoms with Crippen LogP contribution < -0.4 is 9.03 Å². The van der Waals surface area contributed by atoms with Gasteiger partial charge in [-0.15, -0.1) is 29.4 Å². The van der Waals surface area contributed by atoms with Gasteiger partial charge in [0.2, 0.25) is 16.8 Å². The third kappa shape index (κ3) is 3.37. The molecule has 16 heteroatoms. The maximum Gasteiger partial charge on any atom is 0.324 e. The summed E-state index contributed by atoms with van der Waals surface area (Å²) in [6.07, 6.45) is 0. The number of aromatic nitrogens is 12. The average Bonchev–Trinajstić information content (AvgIpc) is 3.92. The maximum absolute atomic E-state index is 5.61. The van der Waals surface area contributed by atoms with Crippen molar-refractivity contribution in [3.63, 3.8) is 0 Å². The Morgan fingerprint density at radius 2 is 1.49 bits per heavy atom. The first-order chi connectivity index (χ1) is 23.6. The third-order valence-corrected chi connectivity index (χ3v) is 15.3. The van der Waals surface area contributed by atoms with Crippen LogP contribution in [0.25, 0.3) is 63.8 Å². The van der Waals surface area contributed by atoms with Gasteiger partial charge in [0.15, 0.2) is 26.3 Å². The minimum absolute atomic E-state index is 0.770. The van der Waals surface area contributed by atoms with Gasteiger partial charge in [0, 0.05) is 17.9 Å². The van der Waals surface area contributed by atoms with Crippen LogP contribution in [0.1, 0.15) is 32.9 Å². The molecular formula is C33H30N12S4+2. The Kier molecular flexibility index (Phi) is 5.25. The van der Waals surface area contributed by atoms with Crippen LogP contribution >= 0.6 is 45.1 Å². The highest BCUT2D eigenvalue weighted by atomic mass is 32.2. The van der Waals surface area contributed by atoms with Crippen LogP contribution in [0.2, 0.25) is 0 Å². The molecule has 1 unspecified atom stereocenters. The summed E-state index contributed by atoms with van der Waals surface area (Å²) < 4.78 is 17.3. The number of imidazole rings is 5. The molecule has 12 nitrogen and oxygen atoms in total. The van der Waals surface area contributed by atoms with Gasteiger partial charge in [-0.05, 0) is 58.4 Å². The van der Waals surface area contributed by atoms with E-state index in [1.807, 2.05) is 6.92 Å². The number of benzene rings is 1. The van der Waals surface area contributed by atoms with Gasteiger partial charge in [-0.1, -0.05) is 39.8 Å². The van der Waals surface area contributed by atoms with E-state index in [2.05, 4.69) is 110 Å². The lowest BCUT2D eigenvalue weighted by molar-refractivity contribution is -0.598. The number of fused-ring (bicyclic) bond motifs is 13. The van der Waals surface area contributed by atoms with E-state index in [1.54, 1.807) is 34.0 Å².